The van der Waals surface area contributed by atoms with Crippen LogP contribution in [0.1, 0.15) is 52.4 Å². The van der Waals surface area contributed by atoms with Crippen LogP contribution >= 0.6 is 0 Å². The average Bonchev–Trinajstić information content (AvgIpc) is 2.82. The summed E-state index contributed by atoms with van der Waals surface area (Å²) in [6.07, 6.45) is 9.80. The Labute approximate surface area is 202 Å². The molecule has 0 saturated carbocycles. The quantitative estimate of drug-likeness (QED) is 0.447. The monoisotopic (exact) mass is 468 g/mol. The number of nitrogens with two attached hydrogens (primary N) is 1. The number of para-hydroxylation sites is 1. The number of benzene rings is 1. The van der Waals surface area contributed by atoms with Gasteiger partial charge in [0, 0.05) is 12.5 Å². The third kappa shape index (κ3) is 7.86. The molecule has 0 spiro atoms. The SMILES string of the molecule is CC(C)CC(NC(=O)C1CC(COc2ccccc2)=CC=C1CCC(N)=O)C1C=CC(F)CC1. The van der Waals surface area contributed by atoms with E-state index >= 15 is 0 Å². The number of halogens is 1. The zero-order chi connectivity index (χ0) is 24.5. The van der Waals surface area contributed by atoms with Crippen molar-refractivity contribution in [2.45, 2.75) is 64.6 Å². The summed E-state index contributed by atoms with van der Waals surface area (Å²) >= 11 is 0. The highest BCUT2D eigenvalue weighted by atomic mass is 19.1. The first-order valence-corrected chi connectivity index (χ1v) is 12.3. The number of alkyl halides is 1. The van der Waals surface area contributed by atoms with Crippen LogP contribution in [0, 0.1) is 17.8 Å². The van der Waals surface area contributed by atoms with E-state index in [1.54, 1.807) is 6.08 Å². The molecule has 34 heavy (non-hydrogen) atoms. The maximum absolute atomic E-state index is 13.6. The fraction of sp³-hybridized carbons (Fsp3) is 0.500. The second-order valence-corrected chi connectivity index (χ2v) is 9.78. The van der Waals surface area contributed by atoms with Crippen LogP contribution in [0.3, 0.4) is 0 Å². The first-order valence-electron chi connectivity index (χ1n) is 12.3. The maximum Gasteiger partial charge on any atom is 0.227 e. The average molecular weight is 469 g/mol. The smallest absolute Gasteiger partial charge is 0.227 e. The van der Waals surface area contributed by atoms with E-state index in [4.69, 9.17) is 10.5 Å². The highest BCUT2D eigenvalue weighted by Gasteiger charge is 2.31. The number of hydrogen-bond acceptors (Lipinski definition) is 3. The molecule has 1 aromatic rings. The minimum Gasteiger partial charge on any atom is -0.489 e. The van der Waals surface area contributed by atoms with Crippen LogP contribution in [-0.4, -0.2) is 30.6 Å². The van der Waals surface area contributed by atoms with Crippen LogP contribution in [-0.2, 0) is 9.59 Å². The van der Waals surface area contributed by atoms with E-state index in [-0.39, 0.29) is 36.1 Å². The highest BCUT2D eigenvalue weighted by molar-refractivity contribution is 5.83. The summed E-state index contributed by atoms with van der Waals surface area (Å²) in [6, 6.07) is 9.52. The molecule has 5 nitrogen and oxygen atoms in total. The fourth-order valence-corrected chi connectivity index (χ4v) is 4.66. The van der Waals surface area contributed by atoms with Gasteiger partial charge in [-0.15, -0.1) is 0 Å². The summed E-state index contributed by atoms with van der Waals surface area (Å²) in [5, 5.41) is 3.28. The molecule has 3 rings (SSSR count). The van der Waals surface area contributed by atoms with E-state index in [1.807, 2.05) is 48.6 Å². The zero-order valence-electron chi connectivity index (χ0n) is 20.2. The Morgan fingerprint density at radius 2 is 1.91 bits per heavy atom. The van der Waals surface area contributed by atoms with Crippen molar-refractivity contribution < 1.29 is 18.7 Å². The van der Waals surface area contributed by atoms with E-state index in [0.717, 1.165) is 29.7 Å². The van der Waals surface area contributed by atoms with Crippen molar-refractivity contribution >= 4 is 11.8 Å². The number of carbonyl (C=O) groups is 2. The number of nitrogens with one attached hydrogen (secondary N) is 1. The second kappa shape index (κ2) is 12.5. The van der Waals surface area contributed by atoms with Crippen LogP contribution in [0.15, 0.2) is 65.8 Å². The van der Waals surface area contributed by atoms with Crippen LogP contribution in [0.25, 0.3) is 0 Å². The number of allylic oxidation sites excluding steroid dienone is 3. The fourth-order valence-electron chi connectivity index (χ4n) is 4.66. The van der Waals surface area contributed by atoms with Crippen LogP contribution in [0.5, 0.6) is 5.75 Å². The Bertz CT molecular complexity index is 923. The standard InChI is InChI=1S/C28H37FN2O3/c1-19(2)16-26(22-10-13-23(29)14-11-22)31-28(33)25-17-20(8-9-21(25)12-15-27(30)32)18-34-24-6-4-3-5-7-24/h3-10,13,19,22-23,25-26H,11-12,14-18H2,1-2H3,(H2,30,32)(H,31,33). The van der Waals surface area contributed by atoms with Gasteiger partial charge in [-0.25, -0.2) is 4.39 Å². The molecule has 0 aliphatic heterocycles. The summed E-state index contributed by atoms with van der Waals surface area (Å²) < 4.78 is 19.5. The third-order valence-corrected chi connectivity index (χ3v) is 6.50. The molecule has 184 valence electrons. The van der Waals surface area contributed by atoms with Crippen molar-refractivity contribution in [3.8, 4) is 5.75 Å². The lowest BCUT2D eigenvalue weighted by molar-refractivity contribution is -0.125. The summed E-state index contributed by atoms with van der Waals surface area (Å²) in [4.78, 5) is 24.9. The minimum atomic E-state index is -0.898. The molecule has 1 aromatic carbocycles. The number of primary amides is 1. The Morgan fingerprint density at radius 3 is 2.56 bits per heavy atom. The van der Waals surface area contributed by atoms with Gasteiger partial charge in [0.1, 0.15) is 18.5 Å². The molecule has 0 aromatic heterocycles. The van der Waals surface area contributed by atoms with Crippen molar-refractivity contribution in [1.82, 2.24) is 5.32 Å². The number of ether oxygens (including phenoxy) is 1. The minimum absolute atomic E-state index is 0.0523. The van der Waals surface area contributed by atoms with Crippen LogP contribution in [0.2, 0.25) is 0 Å². The summed E-state index contributed by atoms with van der Waals surface area (Å²) in [5.74, 6) is 0.481. The second-order valence-electron chi connectivity index (χ2n) is 9.78. The number of rotatable bonds is 11. The van der Waals surface area contributed by atoms with Gasteiger partial charge >= 0.3 is 0 Å². The number of amides is 2. The van der Waals surface area contributed by atoms with E-state index in [9.17, 15) is 14.0 Å². The molecular weight excluding hydrogens is 431 g/mol. The van der Waals surface area contributed by atoms with Gasteiger partial charge in [-0.05, 0) is 61.6 Å². The van der Waals surface area contributed by atoms with Crippen LogP contribution in [0.4, 0.5) is 4.39 Å². The molecular formula is C28H37FN2O3. The largest absolute Gasteiger partial charge is 0.489 e. The van der Waals surface area contributed by atoms with Crippen molar-refractivity contribution in [3.05, 3.63) is 65.8 Å². The highest BCUT2D eigenvalue weighted by Crippen LogP contribution is 2.31. The van der Waals surface area contributed by atoms with Gasteiger partial charge in [-0.3, -0.25) is 9.59 Å². The predicted molar refractivity (Wildman–Crippen MR) is 133 cm³/mol. The van der Waals surface area contributed by atoms with Gasteiger partial charge in [0.05, 0.1) is 5.92 Å². The van der Waals surface area contributed by atoms with Gasteiger partial charge in [0.15, 0.2) is 0 Å². The molecule has 0 bridgehead atoms. The molecule has 6 heteroatoms. The third-order valence-electron chi connectivity index (χ3n) is 6.50. The van der Waals surface area contributed by atoms with E-state index in [0.29, 0.717) is 31.8 Å². The predicted octanol–water partition coefficient (Wildman–Crippen LogP) is 5.04. The number of hydrogen-bond donors (Lipinski definition) is 2. The molecule has 2 aliphatic rings. The van der Waals surface area contributed by atoms with Crippen molar-refractivity contribution in [2.24, 2.45) is 23.5 Å². The first kappa shape index (κ1) is 25.7. The van der Waals surface area contributed by atoms with Gasteiger partial charge in [-0.1, -0.05) is 61.9 Å². The van der Waals surface area contributed by atoms with E-state index in [1.165, 1.54) is 0 Å². The lowest BCUT2D eigenvalue weighted by Crippen LogP contribution is -2.45. The van der Waals surface area contributed by atoms with Gasteiger partial charge < -0.3 is 15.8 Å². The molecule has 4 atom stereocenters. The summed E-state index contributed by atoms with van der Waals surface area (Å²) in [6.45, 7) is 4.65. The summed E-state index contributed by atoms with van der Waals surface area (Å²) in [5.41, 5.74) is 7.30. The molecule has 3 N–H and O–H groups in total. The Hall–Kier alpha value is -2.89. The molecule has 0 radical (unpaired) electrons. The molecule has 0 heterocycles. The Kier molecular flexibility index (Phi) is 9.49. The molecule has 2 amide bonds. The van der Waals surface area contributed by atoms with Gasteiger partial charge in [-0.2, -0.15) is 0 Å². The lowest BCUT2D eigenvalue weighted by Gasteiger charge is -2.32. The van der Waals surface area contributed by atoms with Crippen molar-refractivity contribution in [2.75, 3.05) is 6.61 Å². The Morgan fingerprint density at radius 1 is 1.15 bits per heavy atom. The molecule has 2 aliphatic carbocycles. The van der Waals surface area contributed by atoms with E-state index < -0.39 is 6.17 Å². The van der Waals surface area contributed by atoms with Gasteiger partial charge in [0.25, 0.3) is 0 Å². The van der Waals surface area contributed by atoms with Crippen molar-refractivity contribution in [3.63, 3.8) is 0 Å². The van der Waals surface area contributed by atoms with Gasteiger partial charge in [0.2, 0.25) is 11.8 Å². The normalized spacial score (nSPS) is 23.1. The van der Waals surface area contributed by atoms with Crippen molar-refractivity contribution in [1.29, 1.82) is 0 Å². The molecule has 0 fully saturated rings. The topological polar surface area (TPSA) is 81.4 Å². The lowest BCUT2D eigenvalue weighted by atomic mass is 9.82. The zero-order valence-corrected chi connectivity index (χ0v) is 20.2. The number of carbonyl (C=O) groups excluding carboxylic acids is 2. The maximum atomic E-state index is 13.6. The van der Waals surface area contributed by atoms with E-state index in [2.05, 4.69) is 19.2 Å². The van der Waals surface area contributed by atoms with Crippen LogP contribution < -0.4 is 15.8 Å². The summed E-state index contributed by atoms with van der Waals surface area (Å²) in [7, 11) is 0. The molecule has 0 saturated heterocycles. The molecule has 4 unspecified atom stereocenters. The Balaban J connectivity index is 1.72. The first-order chi connectivity index (χ1) is 16.3.